The number of carbonyl (C=O) groups excluding carboxylic acids is 2. The number of nitrogens with one attached hydrogen (secondary N) is 1. The molecule has 92 valence electrons. The zero-order valence-corrected chi connectivity index (χ0v) is 10.4. The van der Waals surface area contributed by atoms with Crippen LogP contribution in [0.2, 0.25) is 0 Å². The summed E-state index contributed by atoms with van der Waals surface area (Å²) >= 11 is 5.35. The van der Waals surface area contributed by atoms with Crippen LogP contribution in [0.25, 0.3) is 0 Å². The summed E-state index contributed by atoms with van der Waals surface area (Å²) in [5.41, 5.74) is 0. The van der Waals surface area contributed by atoms with Crippen molar-refractivity contribution in [3.05, 3.63) is 0 Å². The number of carbonyl (C=O) groups is 2. The Balaban J connectivity index is 2.59. The molecule has 0 aromatic carbocycles. The van der Waals surface area contributed by atoms with Crippen LogP contribution in [-0.2, 0) is 4.79 Å². The molecule has 1 saturated heterocycles. The van der Waals surface area contributed by atoms with Crippen LogP contribution in [-0.4, -0.2) is 35.3 Å². The van der Waals surface area contributed by atoms with E-state index in [0.29, 0.717) is 0 Å². The van der Waals surface area contributed by atoms with Gasteiger partial charge in [0.15, 0.2) is 0 Å². The van der Waals surface area contributed by atoms with Crippen LogP contribution in [0.1, 0.15) is 39.0 Å². The average molecular weight is 247 g/mol. The summed E-state index contributed by atoms with van der Waals surface area (Å²) in [5.74, 6) is -0.595. The van der Waals surface area contributed by atoms with E-state index in [1.807, 2.05) is 0 Å². The van der Waals surface area contributed by atoms with Crippen molar-refractivity contribution in [2.24, 2.45) is 0 Å². The molecule has 1 rings (SSSR count). The van der Waals surface area contributed by atoms with Crippen LogP contribution in [0, 0.1) is 0 Å². The molecule has 0 radical (unpaired) electrons. The standard InChI is InChI=1S/C11H19ClN2O2/c1-2-9-6-4-3-5-7-14(9)11(16)13-10(15)8-12/h9H,2-8H2,1H3,(H,13,15,16). The van der Waals surface area contributed by atoms with Gasteiger partial charge in [-0.1, -0.05) is 19.8 Å². The van der Waals surface area contributed by atoms with E-state index < -0.39 is 5.91 Å². The van der Waals surface area contributed by atoms with Crippen molar-refractivity contribution in [3.63, 3.8) is 0 Å². The first-order valence-corrected chi connectivity index (χ1v) is 6.39. The molecule has 0 aromatic heterocycles. The van der Waals surface area contributed by atoms with E-state index in [9.17, 15) is 9.59 Å². The average Bonchev–Trinajstić information content (AvgIpc) is 2.53. The Morgan fingerprint density at radius 1 is 1.38 bits per heavy atom. The van der Waals surface area contributed by atoms with E-state index in [2.05, 4.69) is 12.2 Å². The molecule has 1 aliphatic rings. The summed E-state index contributed by atoms with van der Waals surface area (Å²) < 4.78 is 0. The van der Waals surface area contributed by atoms with Crippen LogP contribution >= 0.6 is 11.6 Å². The molecule has 0 aromatic rings. The normalized spacial score (nSPS) is 21.4. The molecule has 1 heterocycles. The number of imide groups is 1. The zero-order chi connectivity index (χ0) is 12.0. The summed E-state index contributed by atoms with van der Waals surface area (Å²) in [4.78, 5) is 24.7. The third-order valence-corrected chi connectivity index (χ3v) is 3.22. The topological polar surface area (TPSA) is 49.4 Å². The number of rotatable bonds is 2. The minimum Gasteiger partial charge on any atom is -0.321 e. The molecule has 1 fully saturated rings. The molecule has 0 spiro atoms. The minimum atomic E-state index is -0.425. The molecule has 1 atom stereocenters. The van der Waals surface area contributed by atoms with Gasteiger partial charge in [-0.05, 0) is 19.3 Å². The van der Waals surface area contributed by atoms with Crippen LogP contribution < -0.4 is 5.32 Å². The minimum absolute atomic E-state index is 0.170. The Labute approximate surface area is 101 Å². The van der Waals surface area contributed by atoms with Gasteiger partial charge in [-0.15, -0.1) is 11.6 Å². The number of hydrogen-bond donors (Lipinski definition) is 1. The molecule has 5 heteroatoms. The molecule has 1 unspecified atom stereocenters. The third-order valence-electron chi connectivity index (χ3n) is 2.98. The lowest BCUT2D eigenvalue weighted by molar-refractivity contribution is -0.117. The second kappa shape index (κ2) is 6.74. The number of urea groups is 1. The third kappa shape index (κ3) is 3.67. The highest BCUT2D eigenvalue weighted by Crippen LogP contribution is 2.18. The fraction of sp³-hybridized carbons (Fsp3) is 0.818. The molecule has 4 nitrogen and oxygen atoms in total. The second-order valence-electron chi connectivity index (χ2n) is 4.09. The number of likely N-dealkylation sites (tertiary alicyclic amines) is 1. The Morgan fingerprint density at radius 3 is 2.75 bits per heavy atom. The lowest BCUT2D eigenvalue weighted by atomic mass is 10.1. The quantitative estimate of drug-likeness (QED) is 0.759. The van der Waals surface area contributed by atoms with Crippen molar-refractivity contribution < 1.29 is 9.59 Å². The van der Waals surface area contributed by atoms with Gasteiger partial charge in [0, 0.05) is 12.6 Å². The highest BCUT2D eigenvalue weighted by Gasteiger charge is 2.24. The van der Waals surface area contributed by atoms with Crippen LogP contribution in [0.3, 0.4) is 0 Å². The van der Waals surface area contributed by atoms with E-state index in [0.717, 1.165) is 38.6 Å². The lowest BCUT2D eigenvalue weighted by Gasteiger charge is -2.28. The summed E-state index contributed by atoms with van der Waals surface area (Å²) in [5, 5.41) is 2.31. The first kappa shape index (κ1) is 13.3. The van der Waals surface area contributed by atoms with E-state index in [1.165, 1.54) is 0 Å². The van der Waals surface area contributed by atoms with Crippen molar-refractivity contribution in [1.82, 2.24) is 10.2 Å². The molecular weight excluding hydrogens is 228 g/mol. The lowest BCUT2D eigenvalue weighted by Crippen LogP contribution is -2.48. The maximum atomic E-state index is 11.8. The maximum absolute atomic E-state index is 11.8. The Kier molecular flexibility index (Phi) is 5.60. The van der Waals surface area contributed by atoms with Crippen LogP contribution in [0.15, 0.2) is 0 Å². The van der Waals surface area contributed by atoms with E-state index >= 15 is 0 Å². The summed E-state index contributed by atoms with van der Waals surface area (Å²) in [6, 6.07) is -0.0370. The molecule has 0 saturated carbocycles. The number of halogens is 1. The predicted octanol–water partition coefficient (Wildman–Crippen LogP) is 2.12. The van der Waals surface area contributed by atoms with Crippen LogP contribution in [0.5, 0.6) is 0 Å². The van der Waals surface area contributed by atoms with Gasteiger partial charge in [0.2, 0.25) is 5.91 Å². The van der Waals surface area contributed by atoms with Crippen LogP contribution in [0.4, 0.5) is 4.79 Å². The molecule has 0 aliphatic carbocycles. The van der Waals surface area contributed by atoms with E-state index in [-0.39, 0.29) is 18.0 Å². The number of hydrogen-bond acceptors (Lipinski definition) is 2. The largest absolute Gasteiger partial charge is 0.324 e. The fourth-order valence-corrected chi connectivity index (χ4v) is 2.16. The second-order valence-corrected chi connectivity index (χ2v) is 4.36. The molecule has 0 bridgehead atoms. The molecule has 1 N–H and O–H groups in total. The van der Waals surface area contributed by atoms with Crippen molar-refractivity contribution in [2.75, 3.05) is 12.4 Å². The van der Waals surface area contributed by atoms with Gasteiger partial charge in [0.25, 0.3) is 0 Å². The summed E-state index contributed by atoms with van der Waals surface area (Å²) in [6.45, 7) is 2.81. The molecular formula is C11H19ClN2O2. The van der Waals surface area contributed by atoms with Crippen molar-refractivity contribution in [1.29, 1.82) is 0 Å². The van der Waals surface area contributed by atoms with Crippen molar-refractivity contribution >= 4 is 23.5 Å². The predicted molar refractivity (Wildman–Crippen MR) is 63.5 cm³/mol. The maximum Gasteiger partial charge on any atom is 0.324 e. The Hall–Kier alpha value is -0.770. The number of amides is 3. The Bertz CT molecular complexity index is 258. The van der Waals surface area contributed by atoms with Gasteiger partial charge in [0.1, 0.15) is 5.88 Å². The number of alkyl halides is 1. The van der Waals surface area contributed by atoms with Gasteiger partial charge in [-0.2, -0.15) is 0 Å². The van der Waals surface area contributed by atoms with Gasteiger partial charge < -0.3 is 4.90 Å². The van der Waals surface area contributed by atoms with E-state index in [4.69, 9.17) is 11.6 Å². The van der Waals surface area contributed by atoms with E-state index in [1.54, 1.807) is 4.90 Å². The van der Waals surface area contributed by atoms with Gasteiger partial charge >= 0.3 is 6.03 Å². The van der Waals surface area contributed by atoms with Gasteiger partial charge in [0.05, 0.1) is 0 Å². The van der Waals surface area contributed by atoms with Gasteiger partial charge in [-0.3, -0.25) is 10.1 Å². The molecule has 3 amide bonds. The number of nitrogens with zero attached hydrogens (tertiary/aromatic N) is 1. The SMILES string of the molecule is CCC1CCCCCN1C(=O)NC(=O)CCl. The summed E-state index contributed by atoms with van der Waals surface area (Å²) in [6.07, 6.45) is 5.29. The fourth-order valence-electron chi connectivity index (χ4n) is 2.09. The summed E-state index contributed by atoms with van der Waals surface area (Å²) in [7, 11) is 0. The van der Waals surface area contributed by atoms with Crippen molar-refractivity contribution in [3.8, 4) is 0 Å². The first-order valence-electron chi connectivity index (χ1n) is 5.85. The zero-order valence-electron chi connectivity index (χ0n) is 9.67. The first-order chi connectivity index (χ1) is 7.69. The van der Waals surface area contributed by atoms with Crippen molar-refractivity contribution in [2.45, 2.75) is 45.1 Å². The molecule has 16 heavy (non-hydrogen) atoms. The smallest absolute Gasteiger partial charge is 0.321 e. The molecule has 1 aliphatic heterocycles. The highest BCUT2D eigenvalue weighted by molar-refractivity contribution is 6.28. The Morgan fingerprint density at radius 2 is 2.12 bits per heavy atom. The van der Waals surface area contributed by atoms with Gasteiger partial charge in [-0.25, -0.2) is 4.79 Å². The monoisotopic (exact) mass is 246 g/mol. The highest BCUT2D eigenvalue weighted by atomic mass is 35.5.